The van der Waals surface area contributed by atoms with Crippen molar-refractivity contribution < 1.29 is 66.6 Å². The molecule has 0 bridgehead atoms. The molecule has 192 valence electrons. The van der Waals surface area contributed by atoms with E-state index in [4.69, 9.17) is 0 Å². The number of allylic oxidation sites excluding steroid dienone is 1. The number of benzene rings is 1. The van der Waals surface area contributed by atoms with Gasteiger partial charge in [0.25, 0.3) is 0 Å². The number of rotatable bonds is 8. The van der Waals surface area contributed by atoms with Gasteiger partial charge in [-0.3, -0.25) is 0 Å². The summed E-state index contributed by atoms with van der Waals surface area (Å²) in [6.07, 6.45) is -8.02. The fourth-order valence-electron chi connectivity index (χ4n) is 3.04. The van der Waals surface area contributed by atoms with Gasteiger partial charge in [0.1, 0.15) is 6.61 Å². The van der Waals surface area contributed by atoms with Gasteiger partial charge in [0.2, 0.25) is 0 Å². The van der Waals surface area contributed by atoms with Crippen molar-refractivity contribution in [2.75, 3.05) is 0 Å². The predicted molar refractivity (Wildman–Crippen MR) is 89.4 cm³/mol. The molecule has 2 rings (SSSR count). The molecule has 0 saturated heterocycles. The second kappa shape index (κ2) is 8.33. The van der Waals surface area contributed by atoms with Crippen molar-refractivity contribution in [3.63, 3.8) is 0 Å². The van der Waals surface area contributed by atoms with Gasteiger partial charge in [-0.1, -0.05) is 25.5 Å². The molecule has 1 aliphatic heterocycles. The van der Waals surface area contributed by atoms with Crippen molar-refractivity contribution in [2.24, 2.45) is 0 Å². The summed E-state index contributed by atoms with van der Waals surface area (Å²) in [6.45, 7) is 1.05. The van der Waals surface area contributed by atoms with Crippen molar-refractivity contribution in [3.8, 4) is 0 Å². The quantitative estimate of drug-likeness (QED) is 0.271. The van der Waals surface area contributed by atoms with E-state index in [0.29, 0.717) is 6.42 Å². The first kappa shape index (κ1) is 27.8. The van der Waals surface area contributed by atoms with Crippen molar-refractivity contribution >= 4 is 12.0 Å². The van der Waals surface area contributed by atoms with Gasteiger partial charge < -0.3 is 4.74 Å². The molecule has 0 amide bonds. The van der Waals surface area contributed by atoms with E-state index in [1.807, 2.05) is 0 Å². The van der Waals surface area contributed by atoms with Gasteiger partial charge in [0.05, 0.1) is 5.56 Å². The number of alkyl halides is 13. The van der Waals surface area contributed by atoms with Crippen LogP contribution in [0.1, 0.15) is 40.4 Å². The molecular weight excluding hydrogens is 507 g/mol. The van der Waals surface area contributed by atoms with Crippen LogP contribution < -0.4 is 0 Å². The van der Waals surface area contributed by atoms with Gasteiger partial charge in [-0.2, -0.15) is 57.1 Å². The van der Waals surface area contributed by atoms with Crippen molar-refractivity contribution in [2.45, 2.75) is 62.2 Å². The van der Waals surface area contributed by atoms with Crippen LogP contribution in [0.3, 0.4) is 0 Å². The molecule has 1 aromatic rings. The van der Waals surface area contributed by atoms with Gasteiger partial charge in [-0.25, -0.2) is 4.79 Å². The maximum absolute atomic E-state index is 14.1. The first-order chi connectivity index (χ1) is 15.2. The number of esters is 1. The normalized spacial score (nSPS) is 16.2. The van der Waals surface area contributed by atoms with Crippen LogP contribution >= 0.6 is 0 Å². The third-order valence-corrected chi connectivity index (χ3v) is 4.95. The van der Waals surface area contributed by atoms with Gasteiger partial charge in [0, 0.05) is 5.56 Å². The monoisotopic (exact) mass is 520 g/mol. The average molecular weight is 520 g/mol. The number of cyclic esters (lactones) is 1. The van der Waals surface area contributed by atoms with E-state index in [0.717, 1.165) is 0 Å². The summed E-state index contributed by atoms with van der Waals surface area (Å²) < 4.78 is 177. The number of carbonyl (C=O) groups is 1. The molecule has 1 aromatic carbocycles. The van der Waals surface area contributed by atoms with Crippen LogP contribution in [0.15, 0.2) is 18.2 Å². The fourth-order valence-corrected chi connectivity index (χ4v) is 3.04. The molecule has 0 aromatic heterocycles. The third kappa shape index (κ3) is 4.00. The minimum absolute atomic E-state index is 0.0653. The van der Waals surface area contributed by atoms with E-state index in [1.165, 1.54) is 12.1 Å². The molecule has 34 heavy (non-hydrogen) atoms. The number of hydrogen-bond donors (Lipinski definition) is 0. The van der Waals surface area contributed by atoms with E-state index >= 15 is 0 Å². The first-order valence-electron chi connectivity index (χ1n) is 9.14. The molecule has 0 unspecified atom stereocenters. The van der Waals surface area contributed by atoms with E-state index < -0.39 is 60.0 Å². The summed E-state index contributed by atoms with van der Waals surface area (Å²) in [4.78, 5) is 11.6. The summed E-state index contributed by atoms with van der Waals surface area (Å²) in [5.41, 5.74) is -0.602. The zero-order valence-electron chi connectivity index (χ0n) is 16.7. The number of aryl methyl sites for hydroxylation is 1. The molecule has 0 saturated carbocycles. The number of hydrogen-bond acceptors (Lipinski definition) is 2. The van der Waals surface area contributed by atoms with E-state index in [2.05, 4.69) is 4.74 Å². The SMILES string of the molecule is CCCc1ccc2c(c1/C=C/C(F)(F)C(F)(F)C(F)(F)C(F)(F)C(F)(F)C(F)(F)F)COC2=O. The molecule has 0 aliphatic carbocycles. The summed E-state index contributed by atoms with van der Waals surface area (Å²) in [7, 11) is 0. The molecule has 0 radical (unpaired) electrons. The Bertz CT molecular complexity index is 977. The molecule has 2 nitrogen and oxygen atoms in total. The number of ether oxygens (including phenoxy) is 1. The van der Waals surface area contributed by atoms with Crippen LogP contribution in [-0.2, 0) is 17.8 Å². The topological polar surface area (TPSA) is 26.3 Å². The summed E-state index contributed by atoms with van der Waals surface area (Å²) in [5.74, 6) is -38.3. The summed E-state index contributed by atoms with van der Waals surface area (Å²) in [5, 5.41) is 0. The highest BCUT2D eigenvalue weighted by Crippen LogP contribution is 2.60. The first-order valence-corrected chi connectivity index (χ1v) is 9.14. The third-order valence-electron chi connectivity index (χ3n) is 4.95. The minimum Gasteiger partial charge on any atom is -0.457 e. The van der Waals surface area contributed by atoms with Crippen LogP contribution in [0.25, 0.3) is 6.08 Å². The van der Waals surface area contributed by atoms with E-state index in [9.17, 15) is 61.9 Å². The number of halogens is 13. The number of carbonyl (C=O) groups excluding carboxylic acids is 1. The second-order valence-corrected chi connectivity index (χ2v) is 7.24. The van der Waals surface area contributed by atoms with Crippen LogP contribution in [0, 0.1) is 0 Å². The Kier molecular flexibility index (Phi) is 6.80. The fraction of sp³-hybridized carbons (Fsp3) is 0.526. The average Bonchev–Trinajstić information content (AvgIpc) is 3.06. The summed E-state index contributed by atoms with van der Waals surface area (Å²) >= 11 is 0. The maximum atomic E-state index is 14.1. The molecule has 1 heterocycles. The summed E-state index contributed by atoms with van der Waals surface area (Å²) in [6, 6.07) is 2.39. The van der Waals surface area contributed by atoms with Crippen LogP contribution in [-0.4, -0.2) is 41.8 Å². The Hall–Kier alpha value is -2.48. The Balaban J connectivity index is 2.57. The Morgan fingerprint density at radius 2 is 1.35 bits per heavy atom. The molecule has 1 aliphatic rings. The smallest absolute Gasteiger partial charge is 0.457 e. The Morgan fingerprint density at radius 1 is 0.824 bits per heavy atom. The van der Waals surface area contributed by atoms with Gasteiger partial charge in [-0.05, 0) is 29.7 Å². The molecule has 0 N–H and O–H groups in total. The van der Waals surface area contributed by atoms with Crippen molar-refractivity contribution in [3.05, 3.63) is 40.5 Å². The van der Waals surface area contributed by atoms with Crippen LogP contribution in [0.4, 0.5) is 57.1 Å². The highest BCUT2D eigenvalue weighted by molar-refractivity contribution is 5.95. The highest BCUT2D eigenvalue weighted by atomic mass is 19.4. The number of fused-ring (bicyclic) bond motifs is 1. The van der Waals surface area contributed by atoms with Crippen LogP contribution in [0.2, 0.25) is 0 Å². The lowest BCUT2D eigenvalue weighted by Gasteiger charge is -2.39. The zero-order chi connectivity index (χ0) is 26.5. The lowest BCUT2D eigenvalue weighted by molar-refractivity contribution is -0.436. The Labute approximate surface area is 182 Å². The highest BCUT2D eigenvalue weighted by Gasteiger charge is 2.90. The van der Waals surface area contributed by atoms with E-state index in [1.54, 1.807) is 6.92 Å². The minimum atomic E-state index is -7.96. The van der Waals surface area contributed by atoms with Gasteiger partial charge in [-0.15, -0.1) is 0 Å². The van der Waals surface area contributed by atoms with Gasteiger partial charge in [0.15, 0.2) is 0 Å². The molecular formula is C19H13F13O2. The maximum Gasteiger partial charge on any atom is 0.460 e. The molecule has 0 spiro atoms. The standard InChI is InChI=1S/C19H13F13O2/c1-2-3-9-4-5-11-12(8-34-13(11)33)10(9)6-7-14(20,21)15(22,23)16(24,25)17(26,27)18(28,29)19(30,31)32/h4-7H,2-3,8H2,1H3/b7-6+. The van der Waals surface area contributed by atoms with Crippen molar-refractivity contribution in [1.82, 2.24) is 0 Å². The second-order valence-electron chi connectivity index (χ2n) is 7.24. The zero-order valence-corrected chi connectivity index (χ0v) is 16.7. The largest absolute Gasteiger partial charge is 0.460 e. The molecule has 0 fully saturated rings. The van der Waals surface area contributed by atoms with E-state index in [-0.39, 0.29) is 29.2 Å². The molecule has 15 heteroatoms. The lowest BCUT2D eigenvalue weighted by atomic mass is 9.91. The predicted octanol–water partition coefficient (Wildman–Crippen LogP) is 7.06. The molecule has 0 atom stereocenters. The van der Waals surface area contributed by atoms with Gasteiger partial charge >= 0.3 is 41.8 Å². The van der Waals surface area contributed by atoms with Crippen molar-refractivity contribution in [1.29, 1.82) is 0 Å². The van der Waals surface area contributed by atoms with Crippen LogP contribution in [0.5, 0.6) is 0 Å². The lowest BCUT2D eigenvalue weighted by Crippen LogP contribution is -2.69. The Morgan fingerprint density at radius 3 is 1.85 bits per heavy atom.